The lowest BCUT2D eigenvalue weighted by atomic mass is 10.1. The Kier molecular flexibility index (Phi) is 3.28. The van der Waals surface area contributed by atoms with Crippen LogP contribution in [0.15, 0.2) is 42.5 Å². The van der Waals surface area contributed by atoms with Gasteiger partial charge in [-0.2, -0.15) is 0 Å². The minimum absolute atomic E-state index is 0.0158. The van der Waals surface area contributed by atoms with Gasteiger partial charge in [0, 0.05) is 18.1 Å². The Morgan fingerprint density at radius 1 is 1.12 bits per heavy atom. The van der Waals surface area contributed by atoms with Crippen LogP contribution in [0.4, 0.5) is 5.69 Å². The number of amides is 1. The average molecular weight is 228 g/mol. The highest BCUT2D eigenvalue weighted by Gasteiger charge is 2.11. The number of fused-ring (bicyclic) bond motifs is 1. The molecule has 2 rings (SSSR count). The third-order valence-corrected chi connectivity index (χ3v) is 2.80. The molecule has 0 spiro atoms. The number of anilines is 1. The maximum absolute atomic E-state index is 11.5. The summed E-state index contributed by atoms with van der Waals surface area (Å²) in [6.45, 7) is 1.85. The SMILES string of the molecule is CNC(=O)[C@H](C)Nc1cccc2ccccc12. The van der Waals surface area contributed by atoms with E-state index in [4.69, 9.17) is 0 Å². The molecule has 1 amide bonds. The summed E-state index contributed by atoms with van der Waals surface area (Å²) in [5, 5.41) is 8.15. The molecule has 0 aliphatic rings. The van der Waals surface area contributed by atoms with Crippen LogP contribution in [0, 0.1) is 0 Å². The first-order valence-electron chi connectivity index (χ1n) is 5.68. The molecular formula is C14H16N2O. The molecule has 3 nitrogen and oxygen atoms in total. The molecule has 2 aromatic rings. The highest BCUT2D eigenvalue weighted by molar-refractivity contribution is 5.95. The first kappa shape index (κ1) is 11.5. The first-order valence-corrected chi connectivity index (χ1v) is 5.68. The van der Waals surface area contributed by atoms with Gasteiger partial charge >= 0.3 is 0 Å². The number of carbonyl (C=O) groups excluding carboxylic acids is 1. The topological polar surface area (TPSA) is 41.1 Å². The van der Waals surface area contributed by atoms with E-state index in [1.807, 2.05) is 37.3 Å². The van der Waals surface area contributed by atoms with Crippen LogP contribution in [0.3, 0.4) is 0 Å². The second-order valence-electron chi connectivity index (χ2n) is 4.01. The lowest BCUT2D eigenvalue weighted by molar-refractivity contribution is -0.121. The molecule has 17 heavy (non-hydrogen) atoms. The zero-order valence-corrected chi connectivity index (χ0v) is 10.0. The van der Waals surface area contributed by atoms with Crippen LogP contribution in [0.25, 0.3) is 10.8 Å². The van der Waals surface area contributed by atoms with Crippen LogP contribution >= 0.6 is 0 Å². The third kappa shape index (κ3) is 2.38. The molecule has 1 atom stereocenters. The molecule has 0 fully saturated rings. The quantitative estimate of drug-likeness (QED) is 0.847. The molecule has 0 heterocycles. The Morgan fingerprint density at radius 3 is 2.59 bits per heavy atom. The fourth-order valence-corrected chi connectivity index (χ4v) is 1.87. The Morgan fingerprint density at radius 2 is 1.82 bits per heavy atom. The van der Waals surface area contributed by atoms with Gasteiger partial charge in [0.15, 0.2) is 0 Å². The third-order valence-electron chi connectivity index (χ3n) is 2.80. The van der Waals surface area contributed by atoms with Gasteiger partial charge < -0.3 is 10.6 Å². The maximum Gasteiger partial charge on any atom is 0.241 e. The van der Waals surface area contributed by atoms with Crippen molar-refractivity contribution in [3.05, 3.63) is 42.5 Å². The summed E-state index contributed by atoms with van der Waals surface area (Å²) in [5.41, 5.74) is 0.985. The predicted molar refractivity (Wildman–Crippen MR) is 71.1 cm³/mol. The van der Waals surface area contributed by atoms with Gasteiger partial charge in [-0.05, 0) is 18.4 Å². The van der Waals surface area contributed by atoms with E-state index < -0.39 is 0 Å². The number of likely N-dealkylation sites (N-methyl/N-ethyl adjacent to an activating group) is 1. The minimum Gasteiger partial charge on any atom is -0.373 e. The number of nitrogens with one attached hydrogen (secondary N) is 2. The van der Waals surface area contributed by atoms with E-state index in [9.17, 15) is 4.79 Å². The van der Waals surface area contributed by atoms with Crippen molar-refractivity contribution in [3.8, 4) is 0 Å². The van der Waals surface area contributed by atoms with E-state index in [2.05, 4.69) is 22.8 Å². The molecule has 0 aliphatic heterocycles. The Balaban J connectivity index is 2.33. The first-order chi connectivity index (χ1) is 8.22. The molecule has 0 bridgehead atoms. The normalized spacial score (nSPS) is 12.1. The molecule has 0 saturated carbocycles. The van der Waals surface area contributed by atoms with E-state index >= 15 is 0 Å². The number of hydrogen-bond donors (Lipinski definition) is 2. The number of benzene rings is 2. The highest BCUT2D eigenvalue weighted by Crippen LogP contribution is 2.23. The Bertz CT molecular complexity index is 531. The van der Waals surface area contributed by atoms with Crippen LogP contribution in [0.2, 0.25) is 0 Å². The summed E-state index contributed by atoms with van der Waals surface area (Å²) >= 11 is 0. The number of carbonyl (C=O) groups is 1. The van der Waals surface area contributed by atoms with Crippen molar-refractivity contribution < 1.29 is 4.79 Å². The molecule has 0 unspecified atom stereocenters. The summed E-state index contributed by atoms with van der Waals surface area (Å²) in [5.74, 6) is -0.0158. The van der Waals surface area contributed by atoms with E-state index in [1.165, 1.54) is 5.39 Å². The standard InChI is InChI=1S/C14H16N2O/c1-10(14(17)15-2)16-13-9-5-7-11-6-3-4-8-12(11)13/h3-10,16H,1-2H3,(H,15,17)/t10-/m0/s1. The largest absolute Gasteiger partial charge is 0.373 e. The monoisotopic (exact) mass is 228 g/mol. The predicted octanol–water partition coefficient (Wildman–Crippen LogP) is 2.39. The van der Waals surface area contributed by atoms with Gasteiger partial charge in [-0.15, -0.1) is 0 Å². The molecule has 2 aromatic carbocycles. The maximum atomic E-state index is 11.5. The molecular weight excluding hydrogens is 212 g/mol. The molecule has 0 aromatic heterocycles. The van der Waals surface area contributed by atoms with E-state index in [0.717, 1.165) is 11.1 Å². The van der Waals surface area contributed by atoms with Gasteiger partial charge in [0.2, 0.25) is 5.91 Å². The fraction of sp³-hybridized carbons (Fsp3) is 0.214. The van der Waals surface area contributed by atoms with E-state index in [1.54, 1.807) is 7.05 Å². The van der Waals surface area contributed by atoms with Crippen molar-refractivity contribution in [3.63, 3.8) is 0 Å². The van der Waals surface area contributed by atoms with Crippen molar-refractivity contribution in [2.45, 2.75) is 13.0 Å². The fourth-order valence-electron chi connectivity index (χ4n) is 1.87. The zero-order chi connectivity index (χ0) is 12.3. The van der Waals surface area contributed by atoms with Crippen molar-refractivity contribution in [1.29, 1.82) is 0 Å². The molecule has 0 aliphatic carbocycles. The lowest BCUT2D eigenvalue weighted by Gasteiger charge is -2.15. The Labute approximate surface area is 101 Å². The van der Waals surface area contributed by atoms with Crippen LogP contribution < -0.4 is 10.6 Å². The molecule has 0 saturated heterocycles. The zero-order valence-electron chi connectivity index (χ0n) is 10.0. The Hall–Kier alpha value is -2.03. The number of hydrogen-bond acceptors (Lipinski definition) is 2. The smallest absolute Gasteiger partial charge is 0.241 e. The van der Waals surface area contributed by atoms with Gasteiger partial charge in [-0.25, -0.2) is 0 Å². The van der Waals surface area contributed by atoms with Crippen molar-refractivity contribution >= 4 is 22.4 Å². The molecule has 3 heteroatoms. The van der Waals surface area contributed by atoms with Gasteiger partial charge in [0.05, 0.1) is 0 Å². The summed E-state index contributed by atoms with van der Waals surface area (Å²) in [7, 11) is 1.64. The van der Waals surface area contributed by atoms with Gasteiger partial charge in [-0.3, -0.25) is 4.79 Å². The second-order valence-corrected chi connectivity index (χ2v) is 4.01. The van der Waals surface area contributed by atoms with Crippen LogP contribution in [0.1, 0.15) is 6.92 Å². The molecule has 2 N–H and O–H groups in total. The summed E-state index contributed by atoms with van der Waals surface area (Å²) in [4.78, 5) is 11.5. The molecule has 88 valence electrons. The average Bonchev–Trinajstić information content (AvgIpc) is 2.38. The van der Waals surface area contributed by atoms with Gasteiger partial charge in [0.1, 0.15) is 6.04 Å². The van der Waals surface area contributed by atoms with Crippen LogP contribution in [0.5, 0.6) is 0 Å². The summed E-state index contributed by atoms with van der Waals surface area (Å²) in [6, 6.07) is 13.9. The highest BCUT2D eigenvalue weighted by atomic mass is 16.2. The van der Waals surface area contributed by atoms with Crippen molar-refractivity contribution in [1.82, 2.24) is 5.32 Å². The van der Waals surface area contributed by atoms with Crippen LogP contribution in [-0.2, 0) is 4.79 Å². The lowest BCUT2D eigenvalue weighted by Crippen LogP contribution is -2.35. The summed E-state index contributed by atoms with van der Waals surface area (Å²) < 4.78 is 0. The minimum atomic E-state index is -0.245. The van der Waals surface area contributed by atoms with E-state index in [-0.39, 0.29) is 11.9 Å². The van der Waals surface area contributed by atoms with Gasteiger partial charge in [-0.1, -0.05) is 36.4 Å². The van der Waals surface area contributed by atoms with Crippen LogP contribution in [-0.4, -0.2) is 19.0 Å². The summed E-state index contributed by atoms with van der Waals surface area (Å²) in [6.07, 6.45) is 0. The molecule has 0 radical (unpaired) electrons. The van der Waals surface area contributed by atoms with Crippen molar-refractivity contribution in [2.24, 2.45) is 0 Å². The second kappa shape index (κ2) is 4.87. The number of rotatable bonds is 3. The van der Waals surface area contributed by atoms with E-state index in [0.29, 0.717) is 0 Å². The van der Waals surface area contributed by atoms with Crippen molar-refractivity contribution in [2.75, 3.05) is 12.4 Å². The van der Waals surface area contributed by atoms with Gasteiger partial charge in [0.25, 0.3) is 0 Å².